The molecule has 0 saturated heterocycles. The largest absolute Gasteiger partial charge is 0.331 e. The van der Waals surface area contributed by atoms with Gasteiger partial charge in [-0.1, -0.05) is 23.5 Å². The molecule has 0 bridgehead atoms. The Hall–Kier alpha value is -2.61. The van der Waals surface area contributed by atoms with E-state index in [0.717, 1.165) is 11.5 Å². The number of benzene rings is 1. The number of rotatable bonds is 5. The van der Waals surface area contributed by atoms with Crippen LogP contribution in [-0.4, -0.2) is 36.9 Å². The predicted molar refractivity (Wildman–Crippen MR) is 92.1 cm³/mol. The number of carbonyl (C=O) groups excluding carboxylic acids is 1. The molecule has 3 rings (SSSR count). The predicted octanol–water partition coefficient (Wildman–Crippen LogP) is 2.00. The minimum Gasteiger partial charge on any atom is -0.331 e. The van der Waals surface area contributed by atoms with E-state index in [-0.39, 0.29) is 18.0 Å². The Morgan fingerprint density at radius 2 is 2.08 bits per heavy atom. The van der Waals surface area contributed by atoms with Crippen LogP contribution in [0.5, 0.6) is 0 Å². The highest BCUT2D eigenvalue weighted by Crippen LogP contribution is 2.16. The number of carbonyl (C=O) groups is 1. The Morgan fingerprint density at radius 3 is 2.83 bits per heavy atom. The molecule has 0 fully saturated rings. The van der Waals surface area contributed by atoms with Crippen LogP contribution in [0.25, 0.3) is 10.9 Å². The molecule has 1 N–H and O–H groups in total. The quantitative estimate of drug-likeness (QED) is 0.765. The number of amides is 1. The van der Waals surface area contributed by atoms with Crippen LogP contribution in [0.4, 0.5) is 0 Å². The van der Waals surface area contributed by atoms with Gasteiger partial charge in [-0.05, 0) is 37.0 Å². The van der Waals surface area contributed by atoms with Crippen LogP contribution in [-0.2, 0) is 13.0 Å². The molecule has 24 heavy (non-hydrogen) atoms. The van der Waals surface area contributed by atoms with Crippen molar-refractivity contribution in [3.8, 4) is 0 Å². The van der Waals surface area contributed by atoms with Gasteiger partial charge in [0.15, 0.2) is 0 Å². The first kappa shape index (κ1) is 16.3. The second-order valence-corrected chi connectivity index (χ2v) is 6.01. The molecule has 0 saturated carbocycles. The Bertz CT molecular complexity index is 933. The maximum absolute atomic E-state index is 12.7. The Kier molecular flexibility index (Phi) is 4.66. The van der Waals surface area contributed by atoms with E-state index in [1.165, 1.54) is 0 Å². The SMILES string of the molecule is CCc1nnsc1C(=O)N(CC)Cc1nc2ccccc2c(=O)[nH]1. The lowest BCUT2D eigenvalue weighted by Gasteiger charge is -2.19. The molecule has 124 valence electrons. The number of hydrogen-bond donors (Lipinski definition) is 1. The van der Waals surface area contributed by atoms with Crippen molar-refractivity contribution >= 4 is 28.3 Å². The molecule has 0 radical (unpaired) electrons. The molecule has 0 unspecified atom stereocenters. The van der Waals surface area contributed by atoms with E-state index in [2.05, 4.69) is 19.6 Å². The molecule has 3 aromatic rings. The molecule has 7 nitrogen and oxygen atoms in total. The number of para-hydroxylation sites is 1. The van der Waals surface area contributed by atoms with Gasteiger partial charge in [-0.2, -0.15) is 0 Å². The number of H-pyrrole nitrogens is 1. The van der Waals surface area contributed by atoms with Crippen molar-refractivity contribution in [2.24, 2.45) is 0 Å². The molecular formula is C16H17N5O2S. The minimum atomic E-state index is -0.201. The lowest BCUT2D eigenvalue weighted by atomic mass is 10.2. The van der Waals surface area contributed by atoms with E-state index in [0.29, 0.717) is 40.3 Å². The van der Waals surface area contributed by atoms with Crippen molar-refractivity contribution in [1.82, 2.24) is 24.5 Å². The van der Waals surface area contributed by atoms with Gasteiger partial charge >= 0.3 is 0 Å². The summed E-state index contributed by atoms with van der Waals surface area (Å²) in [6.07, 6.45) is 0.653. The van der Waals surface area contributed by atoms with Crippen LogP contribution in [0.3, 0.4) is 0 Å². The monoisotopic (exact) mass is 343 g/mol. The molecule has 0 aliphatic heterocycles. The van der Waals surface area contributed by atoms with Gasteiger partial charge in [0.05, 0.1) is 23.1 Å². The highest BCUT2D eigenvalue weighted by molar-refractivity contribution is 7.07. The summed E-state index contributed by atoms with van der Waals surface area (Å²) in [5.41, 5.74) is 1.12. The summed E-state index contributed by atoms with van der Waals surface area (Å²) in [4.78, 5) is 34.2. The second kappa shape index (κ2) is 6.88. The highest BCUT2D eigenvalue weighted by Gasteiger charge is 2.21. The number of fused-ring (bicyclic) bond motifs is 1. The summed E-state index contributed by atoms with van der Waals surface area (Å²) in [5, 5.41) is 4.52. The number of nitrogens with one attached hydrogen (secondary N) is 1. The number of aromatic nitrogens is 4. The first-order valence-corrected chi connectivity index (χ1v) is 8.49. The van der Waals surface area contributed by atoms with Gasteiger partial charge in [0.25, 0.3) is 11.5 Å². The van der Waals surface area contributed by atoms with Gasteiger partial charge < -0.3 is 9.88 Å². The van der Waals surface area contributed by atoms with Gasteiger partial charge in [0.1, 0.15) is 10.7 Å². The number of hydrogen-bond acceptors (Lipinski definition) is 6. The number of aryl methyl sites for hydroxylation is 1. The van der Waals surface area contributed by atoms with Crippen molar-refractivity contribution in [3.05, 3.63) is 51.0 Å². The molecule has 1 aromatic carbocycles. The summed E-state index contributed by atoms with van der Waals surface area (Å²) in [6, 6.07) is 7.14. The molecule has 8 heteroatoms. The Labute approximate surface area is 142 Å². The third-order valence-corrected chi connectivity index (χ3v) is 4.51. The van der Waals surface area contributed by atoms with Crippen LogP contribution >= 0.6 is 11.5 Å². The standard InChI is InChI=1S/C16H17N5O2S/c1-3-11-14(24-20-19-11)16(23)21(4-2)9-13-17-12-8-6-5-7-10(12)15(22)18-13/h5-8H,3-4,9H2,1-2H3,(H,17,18,22). The molecule has 1 amide bonds. The zero-order valence-corrected chi connectivity index (χ0v) is 14.3. The average molecular weight is 343 g/mol. The zero-order valence-electron chi connectivity index (χ0n) is 13.4. The Morgan fingerprint density at radius 1 is 1.29 bits per heavy atom. The summed E-state index contributed by atoms with van der Waals surface area (Å²) in [7, 11) is 0. The first-order valence-electron chi connectivity index (χ1n) is 7.72. The lowest BCUT2D eigenvalue weighted by molar-refractivity contribution is 0.0752. The van der Waals surface area contributed by atoms with Crippen LogP contribution < -0.4 is 5.56 Å². The second-order valence-electron chi connectivity index (χ2n) is 5.25. The summed E-state index contributed by atoms with van der Waals surface area (Å²) >= 11 is 1.10. The van der Waals surface area contributed by atoms with Crippen LogP contribution in [0.15, 0.2) is 29.1 Å². The van der Waals surface area contributed by atoms with E-state index < -0.39 is 0 Å². The topological polar surface area (TPSA) is 91.8 Å². The van der Waals surface area contributed by atoms with Crippen molar-refractivity contribution < 1.29 is 4.79 Å². The smallest absolute Gasteiger partial charge is 0.267 e. The lowest BCUT2D eigenvalue weighted by Crippen LogP contribution is -2.32. The molecule has 0 aliphatic carbocycles. The third-order valence-electron chi connectivity index (χ3n) is 3.76. The van der Waals surface area contributed by atoms with E-state index >= 15 is 0 Å². The number of aromatic amines is 1. The normalized spacial score (nSPS) is 10.9. The number of nitrogens with zero attached hydrogens (tertiary/aromatic N) is 4. The van der Waals surface area contributed by atoms with E-state index in [1.54, 1.807) is 23.1 Å². The van der Waals surface area contributed by atoms with E-state index in [4.69, 9.17) is 0 Å². The van der Waals surface area contributed by atoms with Gasteiger partial charge in [-0.25, -0.2) is 4.98 Å². The maximum Gasteiger partial charge on any atom is 0.267 e. The molecule has 0 spiro atoms. The van der Waals surface area contributed by atoms with Gasteiger partial charge in [0, 0.05) is 6.54 Å². The van der Waals surface area contributed by atoms with Crippen LogP contribution in [0.1, 0.15) is 35.0 Å². The third kappa shape index (κ3) is 3.05. The molecule has 0 atom stereocenters. The zero-order chi connectivity index (χ0) is 17.1. The van der Waals surface area contributed by atoms with Gasteiger partial charge in [-0.15, -0.1) is 5.10 Å². The molecule has 0 aliphatic rings. The molecular weight excluding hydrogens is 326 g/mol. The van der Waals surface area contributed by atoms with Gasteiger partial charge in [0.2, 0.25) is 0 Å². The molecule has 2 heterocycles. The maximum atomic E-state index is 12.7. The van der Waals surface area contributed by atoms with Crippen LogP contribution in [0, 0.1) is 0 Å². The summed E-state index contributed by atoms with van der Waals surface area (Å²) in [5.74, 6) is 0.324. The highest BCUT2D eigenvalue weighted by atomic mass is 32.1. The average Bonchev–Trinajstić information content (AvgIpc) is 3.08. The molecule has 2 aromatic heterocycles. The Balaban J connectivity index is 1.91. The minimum absolute atomic E-state index is 0.139. The summed E-state index contributed by atoms with van der Waals surface area (Å²) in [6.45, 7) is 4.55. The van der Waals surface area contributed by atoms with Crippen molar-refractivity contribution in [2.45, 2.75) is 26.8 Å². The van der Waals surface area contributed by atoms with E-state index in [1.807, 2.05) is 19.9 Å². The fourth-order valence-corrected chi connectivity index (χ4v) is 3.18. The van der Waals surface area contributed by atoms with Crippen molar-refractivity contribution in [3.63, 3.8) is 0 Å². The van der Waals surface area contributed by atoms with Crippen LogP contribution in [0.2, 0.25) is 0 Å². The van der Waals surface area contributed by atoms with Crippen molar-refractivity contribution in [2.75, 3.05) is 6.54 Å². The summed E-state index contributed by atoms with van der Waals surface area (Å²) < 4.78 is 3.86. The van der Waals surface area contributed by atoms with Gasteiger partial charge in [-0.3, -0.25) is 9.59 Å². The first-order chi connectivity index (χ1) is 11.6. The fourth-order valence-electron chi connectivity index (χ4n) is 2.46. The van der Waals surface area contributed by atoms with E-state index in [9.17, 15) is 9.59 Å². The fraction of sp³-hybridized carbons (Fsp3) is 0.312. The van der Waals surface area contributed by atoms with Crippen molar-refractivity contribution in [1.29, 1.82) is 0 Å².